The average Bonchev–Trinajstić information content (AvgIpc) is 3.10. The minimum absolute atomic E-state index is 0.0102. The van der Waals surface area contributed by atoms with E-state index in [9.17, 15) is 18.3 Å². The number of sulfonamides is 1. The second-order valence-electron chi connectivity index (χ2n) is 5.72. The maximum atomic E-state index is 12.6. The molecule has 26 heavy (non-hydrogen) atoms. The van der Waals surface area contributed by atoms with Gasteiger partial charge in [0.25, 0.3) is 10.0 Å². The number of carbonyl (C=O) groups is 1. The minimum Gasteiger partial charge on any atom is -0.487 e. The fourth-order valence-electron chi connectivity index (χ4n) is 2.98. The molecular weight excluding hydrogens is 356 g/mol. The molecule has 0 bridgehead atoms. The molecule has 2 heterocycles. The maximum absolute atomic E-state index is 12.6. The van der Waals surface area contributed by atoms with Crippen molar-refractivity contribution in [2.45, 2.75) is 4.90 Å². The van der Waals surface area contributed by atoms with E-state index in [0.717, 1.165) is 5.57 Å². The Morgan fingerprint density at radius 3 is 2.65 bits per heavy atom. The van der Waals surface area contributed by atoms with Crippen molar-refractivity contribution in [2.24, 2.45) is 0 Å². The van der Waals surface area contributed by atoms with Crippen molar-refractivity contribution in [2.75, 3.05) is 16.6 Å². The Labute approximate surface area is 149 Å². The largest absolute Gasteiger partial charge is 0.487 e. The van der Waals surface area contributed by atoms with Crippen LogP contribution in [0, 0.1) is 0 Å². The summed E-state index contributed by atoms with van der Waals surface area (Å²) in [7, 11) is -3.91. The molecule has 2 aliphatic heterocycles. The van der Waals surface area contributed by atoms with E-state index in [0.29, 0.717) is 23.6 Å². The number of aromatic carboxylic acids is 1. The Morgan fingerprint density at radius 2 is 1.92 bits per heavy atom. The lowest BCUT2D eigenvalue weighted by atomic mass is 9.96. The van der Waals surface area contributed by atoms with Gasteiger partial charge in [0.1, 0.15) is 17.9 Å². The van der Waals surface area contributed by atoms with Crippen LogP contribution in [0.2, 0.25) is 0 Å². The number of fused-ring (bicyclic) bond motifs is 3. The van der Waals surface area contributed by atoms with Gasteiger partial charge in [-0.3, -0.25) is 4.72 Å². The van der Waals surface area contributed by atoms with E-state index in [4.69, 9.17) is 4.74 Å². The Bertz CT molecular complexity index is 1070. The molecule has 2 aromatic carbocycles. The van der Waals surface area contributed by atoms with E-state index in [-0.39, 0.29) is 16.1 Å². The van der Waals surface area contributed by atoms with Crippen LogP contribution >= 0.6 is 0 Å². The molecule has 0 fully saturated rings. The molecule has 0 saturated heterocycles. The summed E-state index contributed by atoms with van der Waals surface area (Å²) >= 11 is 0. The number of allylic oxidation sites excluding steroid dienone is 1. The summed E-state index contributed by atoms with van der Waals surface area (Å²) in [5.74, 6) is -0.608. The third-order valence-corrected chi connectivity index (χ3v) is 5.53. The van der Waals surface area contributed by atoms with Gasteiger partial charge in [-0.15, -0.1) is 0 Å². The van der Waals surface area contributed by atoms with Gasteiger partial charge in [-0.1, -0.05) is 24.3 Å². The molecule has 132 valence electrons. The number of rotatable bonds is 4. The smallest absolute Gasteiger partial charge is 0.339 e. The average molecular weight is 370 g/mol. The summed E-state index contributed by atoms with van der Waals surface area (Å²) in [4.78, 5) is 11.9. The van der Waals surface area contributed by atoms with Crippen LogP contribution in [0.15, 0.2) is 65.4 Å². The van der Waals surface area contributed by atoms with Gasteiger partial charge >= 0.3 is 5.97 Å². The molecule has 2 aromatic rings. The number of carboxylic acids is 1. The lowest BCUT2D eigenvalue weighted by molar-refractivity contribution is 0.0699. The Kier molecular flexibility index (Phi) is 3.69. The zero-order chi connectivity index (χ0) is 18.3. The molecule has 0 aliphatic carbocycles. The summed E-state index contributed by atoms with van der Waals surface area (Å²) in [6, 6.07) is 10.9. The predicted octanol–water partition coefficient (Wildman–Crippen LogP) is 2.87. The summed E-state index contributed by atoms with van der Waals surface area (Å²) in [5.41, 5.74) is 1.61. The molecule has 0 spiro atoms. The molecule has 0 amide bonds. The lowest BCUT2D eigenvalue weighted by Gasteiger charge is -2.21. The van der Waals surface area contributed by atoms with Crippen molar-refractivity contribution in [1.29, 1.82) is 0 Å². The standard InChI is InChI=1S/C18H14N2O5S/c21-18(22)16-14(20-26(23,24)11-4-2-1-3-5-11)7-6-13-12-8-9-25-15(12)10-19-17(13)16/h1-8,10,19-20H,9H2,(H,21,22). The Hall–Kier alpha value is -3.26. The SMILES string of the molecule is O=C(O)c1c(NS(=O)(=O)c2ccccc2)ccc2c1NC=C1OCC=C12. The molecular formula is C18H14N2O5S. The molecule has 7 nitrogen and oxygen atoms in total. The topological polar surface area (TPSA) is 105 Å². The predicted molar refractivity (Wildman–Crippen MR) is 96.3 cm³/mol. The first-order chi connectivity index (χ1) is 12.5. The third kappa shape index (κ3) is 2.60. The molecule has 3 N–H and O–H groups in total. The van der Waals surface area contributed by atoms with Gasteiger partial charge < -0.3 is 15.2 Å². The zero-order valence-corrected chi connectivity index (χ0v) is 14.2. The first-order valence-electron chi connectivity index (χ1n) is 7.76. The van der Waals surface area contributed by atoms with Crippen LogP contribution in [0.1, 0.15) is 15.9 Å². The van der Waals surface area contributed by atoms with E-state index in [2.05, 4.69) is 10.0 Å². The van der Waals surface area contributed by atoms with Crippen molar-refractivity contribution < 1.29 is 23.1 Å². The van der Waals surface area contributed by atoms with Crippen LogP contribution in [0.25, 0.3) is 5.57 Å². The molecule has 0 atom stereocenters. The molecule has 4 rings (SSSR count). The van der Waals surface area contributed by atoms with Gasteiger partial charge in [0.2, 0.25) is 0 Å². The number of benzene rings is 2. The number of anilines is 2. The molecule has 0 aromatic heterocycles. The zero-order valence-electron chi connectivity index (χ0n) is 13.4. The van der Waals surface area contributed by atoms with E-state index < -0.39 is 16.0 Å². The van der Waals surface area contributed by atoms with Crippen molar-refractivity contribution >= 4 is 32.9 Å². The number of hydrogen-bond donors (Lipinski definition) is 3. The first kappa shape index (κ1) is 16.2. The highest BCUT2D eigenvalue weighted by Crippen LogP contribution is 2.41. The van der Waals surface area contributed by atoms with Gasteiger partial charge in [0.05, 0.1) is 16.3 Å². The summed E-state index contributed by atoms with van der Waals surface area (Å²) < 4.78 is 32.9. The Morgan fingerprint density at radius 1 is 1.15 bits per heavy atom. The van der Waals surface area contributed by atoms with Crippen LogP contribution in [0.5, 0.6) is 0 Å². The van der Waals surface area contributed by atoms with Crippen molar-refractivity contribution in [3.05, 3.63) is 71.6 Å². The second-order valence-corrected chi connectivity index (χ2v) is 7.40. The lowest BCUT2D eigenvalue weighted by Crippen LogP contribution is -2.18. The van der Waals surface area contributed by atoms with Crippen LogP contribution in [-0.4, -0.2) is 26.1 Å². The summed E-state index contributed by atoms with van der Waals surface area (Å²) in [6.07, 6.45) is 3.42. The normalized spacial score (nSPS) is 14.9. The fraction of sp³-hybridized carbons (Fsp3) is 0.0556. The van der Waals surface area contributed by atoms with Gasteiger partial charge in [-0.05, 0) is 24.3 Å². The second kappa shape index (κ2) is 5.92. The minimum atomic E-state index is -3.91. The Balaban J connectivity index is 1.81. The van der Waals surface area contributed by atoms with Crippen molar-refractivity contribution in [1.82, 2.24) is 0 Å². The van der Waals surface area contributed by atoms with E-state index in [1.54, 1.807) is 30.5 Å². The van der Waals surface area contributed by atoms with Crippen LogP contribution in [0.3, 0.4) is 0 Å². The maximum Gasteiger partial charge on any atom is 0.339 e. The van der Waals surface area contributed by atoms with E-state index >= 15 is 0 Å². The molecule has 0 unspecified atom stereocenters. The molecule has 8 heteroatoms. The van der Waals surface area contributed by atoms with Crippen LogP contribution in [0.4, 0.5) is 11.4 Å². The fourth-order valence-corrected chi connectivity index (χ4v) is 4.07. The summed E-state index contributed by atoms with van der Waals surface area (Å²) in [5, 5.41) is 12.6. The highest BCUT2D eigenvalue weighted by molar-refractivity contribution is 7.92. The molecule has 2 aliphatic rings. The number of ether oxygens (including phenoxy) is 1. The van der Waals surface area contributed by atoms with Crippen molar-refractivity contribution in [3.8, 4) is 0 Å². The number of nitrogens with one attached hydrogen (secondary N) is 2. The number of carboxylic acid groups (broad SMARTS) is 1. The monoisotopic (exact) mass is 370 g/mol. The van der Waals surface area contributed by atoms with Crippen LogP contribution < -0.4 is 10.0 Å². The van der Waals surface area contributed by atoms with Gasteiger partial charge in [-0.25, -0.2) is 13.2 Å². The third-order valence-electron chi connectivity index (χ3n) is 4.15. The number of hydrogen-bond acceptors (Lipinski definition) is 5. The molecule has 0 saturated carbocycles. The highest BCUT2D eigenvalue weighted by atomic mass is 32.2. The first-order valence-corrected chi connectivity index (χ1v) is 9.24. The van der Waals surface area contributed by atoms with Gasteiger partial charge in [-0.2, -0.15) is 0 Å². The van der Waals surface area contributed by atoms with Gasteiger partial charge in [0, 0.05) is 17.3 Å². The quantitative estimate of drug-likeness (QED) is 0.764. The van der Waals surface area contributed by atoms with Gasteiger partial charge in [0.15, 0.2) is 0 Å². The highest BCUT2D eigenvalue weighted by Gasteiger charge is 2.29. The van der Waals surface area contributed by atoms with E-state index in [1.807, 2.05) is 6.08 Å². The van der Waals surface area contributed by atoms with Crippen LogP contribution in [-0.2, 0) is 14.8 Å². The van der Waals surface area contributed by atoms with E-state index in [1.165, 1.54) is 18.2 Å². The molecule has 0 radical (unpaired) electrons. The van der Waals surface area contributed by atoms with Crippen molar-refractivity contribution in [3.63, 3.8) is 0 Å². The summed E-state index contributed by atoms with van der Waals surface area (Å²) in [6.45, 7) is 0.410.